The highest BCUT2D eigenvalue weighted by atomic mass is 16.5. The smallest absolute Gasteiger partial charge is 0.305 e. The Balaban J connectivity index is 2.33. The van der Waals surface area contributed by atoms with Crippen LogP contribution in [-0.2, 0) is 20.8 Å². The SMILES string of the molecule is COc1ccc(CCNC(=O)C(CC(=O)O)NC(=O)CCCCCCCN=C(N)N)cc1. The van der Waals surface area contributed by atoms with Crippen LogP contribution in [0.3, 0.4) is 0 Å². The van der Waals surface area contributed by atoms with Gasteiger partial charge in [0.15, 0.2) is 5.96 Å². The zero-order valence-corrected chi connectivity index (χ0v) is 18.6. The number of aliphatic imine (C=N–C) groups is 1. The second-order valence-corrected chi connectivity index (χ2v) is 7.43. The molecule has 0 bridgehead atoms. The molecule has 1 aromatic carbocycles. The van der Waals surface area contributed by atoms with Crippen LogP contribution in [0.2, 0.25) is 0 Å². The predicted octanol–water partition coefficient (Wildman–Crippen LogP) is 0.927. The molecule has 0 spiro atoms. The molecule has 0 aliphatic rings. The molecule has 10 heteroatoms. The molecule has 0 aliphatic carbocycles. The molecule has 1 atom stereocenters. The number of carboxylic acid groups (broad SMARTS) is 1. The summed E-state index contributed by atoms with van der Waals surface area (Å²) in [5, 5.41) is 14.3. The average molecular weight is 450 g/mol. The van der Waals surface area contributed by atoms with Crippen molar-refractivity contribution >= 4 is 23.7 Å². The van der Waals surface area contributed by atoms with E-state index in [2.05, 4.69) is 15.6 Å². The number of carboxylic acids is 1. The van der Waals surface area contributed by atoms with Crippen molar-refractivity contribution in [2.24, 2.45) is 16.5 Å². The Hall–Kier alpha value is -3.30. The Morgan fingerprint density at radius 1 is 1.06 bits per heavy atom. The second kappa shape index (κ2) is 15.5. The maximum absolute atomic E-state index is 12.4. The number of nitrogens with one attached hydrogen (secondary N) is 2. The van der Waals surface area contributed by atoms with Crippen LogP contribution in [0.25, 0.3) is 0 Å². The van der Waals surface area contributed by atoms with Crippen molar-refractivity contribution in [1.82, 2.24) is 10.6 Å². The number of methoxy groups -OCH3 is 1. The fourth-order valence-electron chi connectivity index (χ4n) is 3.03. The summed E-state index contributed by atoms with van der Waals surface area (Å²) in [5.74, 6) is -1.16. The Morgan fingerprint density at radius 3 is 2.34 bits per heavy atom. The molecule has 0 fully saturated rings. The molecule has 0 saturated carbocycles. The van der Waals surface area contributed by atoms with E-state index in [0.29, 0.717) is 25.9 Å². The zero-order valence-electron chi connectivity index (χ0n) is 18.6. The van der Waals surface area contributed by atoms with Gasteiger partial charge in [-0.05, 0) is 37.0 Å². The van der Waals surface area contributed by atoms with E-state index >= 15 is 0 Å². The molecule has 7 N–H and O–H groups in total. The number of nitrogens with zero attached hydrogens (tertiary/aromatic N) is 1. The van der Waals surface area contributed by atoms with E-state index in [0.717, 1.165) is 37.0 Å². The van der Waals surface area contributed by atoms with Gasteiger partial charge in [-0.1, -0.05) is 31.4 Å². The van der Waals surface area contributed by atoms with Crippen molar-refractivity contribution in [2.45, 2.75) is 57.4 Å². The van der Waals surface area contributed by atoms with Gasteiger partial charge in [0.25, 0.3) is 0 Å². The monoisotopic (exact) mass is 449 g/mol. The highest BCUT2D eigenvalue weighted by Crippen LogP contribution is 2.11. The largest absolute Gasteiger partial charge is 0.497 e. The molecule has 0 aromatic heterocycles. The van der Waals surface area contributed by atoms with Gasteiger partial charge in [-0.15, -0.1) is 0 Å². The fraction of sp³-hybridized carbons (Fsp3) is 0.545. The minimum atomic E-state index is -1.15. The molecule has 178 valence electrons. The molecule has 10 nitrogen and oxygen atoms in total. The van der Waals surface area contributed by atoms with Crippen molar-refractivity contribution < 1.29 is 24.2 Å². The lowest BCUT2D eigenvalue weighted by atomic mass is 10.1. The Morgan fingerprint density at radius 2 is 1.72 bits per heavy atom. The third-order valence-electron chi connectivity index (χ3n) is 4.76. The van der Waals surface area contributed by atoms with Crippen molar-refractivity contribution in [2.75, 3.05) is 20.2 Å². The van der Waals surface area contributed by atoms with Gasteiger partial charge >= 0.3 is 5.97 Å². The third-order valence-corrected chi connectivity index (χ3v) is 4.76. The number of rotatable bonds is 16. The van der Waals surface area contributed by atoms with E-state index in [9.17, 15) is 14.4 Å². The quantitative estimate of drug-likeness (QED) is 0.142. The summed E-state index contributed by atoms with van der Waals surface area (Å²) in [6, 6.07) is 6.34. The molecule has 0 aliphatic heterocycles. The minimum Gasteiger partial charge on any atom is -0.497 e. The molecule has 2 amide bonds. The molecule has 0 radical (unpaired) electrons. The molecule has 32 heavy (non-hydrogen) atoms. The van der Waals surface area contributed by atoms with E-state index < -0.39 is 24.3 Å². The van der Waals surface area contributed by atoms with Gasteiger partial charge in [0.2, 0.25) is 11.8 Å². The van der Waals surface area contributed by atoms with Crippen molar-refractivity contribution in [3.8, 4) is 5.75 Å². The lowest BCUT2D eigenvalue weighted by Gasteiger charge is -2.17. The maximum atomic E-state index is 12.4. The topological polar surface area (TPSA) is 169 Å². The highest BCUT2D eigenvalue weighted by Gasteiger charge is 2.23. The van der Waals surface area contributed by atoms with Gasteiger partial charge in [-0.25, -0.2) is 0 Å². The van der Waals surface area contributed by atoms with E-state index in [4.69, 9.17) is 21.3 Å². The van der Waals surface area contributed by atoms with E-state index in [-0.39, 0.29) is 18.3 Å². The zero-order chi connectivity index (χ0) is 23.8. The first-order valence-electron chi connectivity index (χ1n) is 10.8. The summed E-state index contributed by atoms with van der Waals surface area (Å²) >= 11 is 0. The minimum absolute atomic E-state index is 0.0855. The number of aliphatic carboxylic acids is 1. The van der Waals surface area contributed by atoms with Crippen LogP contribution < -0.4 is 26.8 Å². The van der Waals surface area contributed by atoms with Gasteiger partial charge in [0, 0.05) is 19.5 Å². The number of hydrogen-bond donors (Lipinski definition) is 5. The lowest BCUT2D eigenvalue weighted by molar-refractivity contribution is -0.140. The van der Waals surface area contributed by atoms with Crippen LogP contribution in [-0.4, -0.2) is 55.1 Å². The van der Waals surface area contributed by atoms with E-state index in [1.54, 1.807) is 7.11 Å². The molecule has 1 rings (SSSR count). The number of benzene rings is 1. The number of amides is 2. The Kier molecular flexibility index (Phi) is 12.9. The number of guanidine groups is 1. The van der Waals surface area contributed by atoms with Gasteiger partial charge in [0.1, 0.15) is 11.8 Å². The number of ether oxygens (including phenoxy) is 1. The van der Waals surface area contributed by atoms with Crippen LogP contribution in [0.1, 0.15) is 50.5 Å². The van der Waals surface area contributed by atoms with Gasteiger partial charge in [-0.3, -0.25) is 19.4 Å². The first kappa shape index (κ1) is 26.7. The normalized spacial score (nSPS) is 11.3. The summed E-state index contributed by atoms with van der Waals surface area (Å²) in [6.07, 6.45) is 4.64. The fourth-order valence-corrected chi connectivity index (χ4v) is 3.03. The van der Waals surface area contributed by atoms with Gasteiger partial charge in [-0.2, -0.15) is 0 Å². The standard InChI is InChI=1S/C22H35N5O5/c1-32-17-10-8-16(9-11-17)12-14-25-21(31)18(15-20(29)30)27-19(28)7-5-3-2-4-6-13-26-22(23)24/h8-11,18H,2-7,12-15H2,1H3,(H,25,31)(H,27,28)(H,29,30)(H4,23,24,26). The summed E-state index contributed by atoms with van der Waals surface area (Å²) in [5.41, 5.74) is 11.5. The number of unbranched alkanes of at least 4 members (excludes halogenated alkanes) is 4. The first-order valence-corrected chi connectivity index (χ1v) is 10.8. The van der Waals surface area contributed by atoms with Crippen LogP contribution in [0.4, 0.5) is 0 Å². The van der Waals surface area contributed by atoms with Crippen molar-refractivity contribution in [3.63, 3.8) is 0 Å². The highest BCUT2D eigenvalue weighted by molar-refractivity contribution is 5.90. The molecular formula is C22H35N5O5. The summed E-state index contributed by atoms with van der Waals surface area (Å²) in [7, 11) is 1.59. The summed E-state index contributed by atoms with van der Waals surface area (Å²) in [6.45, 7) is 0.921. The lowest BCUT2D eigenvalue weighted by Crippen LogP contribution is -2.48. The van der Waals surface area contributed by atoms with E-state index in [1.807, 2.05) is 24.3 Å². The first-order chi connectivity index (χ1) is 15.3. The molecule has 0 heterocycles. The van der Waals surface area contributed by atoms with Crippen LogP contribution in [0, 0.1) is 0 Å². The molecule has 0 saturated heterocycles. The van der Waals surface area contributed by atoms with Crippen molar-refractivity contribution in [3.05, 3.63) is 29.8 Å². The number of carbonyl (C=O) groups excluding carboxylic acids is 2. The maximum Gasteiger partial charge on any atom is 0.305 e. The summed E-state index contributed by atoms with van der Waals surface area (Å²) < 4.78 is 5.10. The van der Waals surface area contributed by atoms with Crippen molar-refractivity contribution in [1.29, 1.82) is 0 Å². The molecule has 1 aromatic rings. The van der Waals surface area contributed by atoms with E-state index in [1.165, 1.54) is 0 Å². The Labute approximate surface area is 188 Å². The summed E-state index contributed by atoms with van der Waals surface area (Å²) in [4.78, 5) is 39.6. The van der Waals surface area contributed by atoms with Crippen LogP contribution in [0.15, 0.2) is 29.3 Å². The second-order valence-electron chi connectivity index (χ2n) is 7.43. The van der Waals surface area contributed by atoms with Gasteiger partial charge in [0.05, 0.1) is 13.5 Å². The molecule has 1 unspecified atom stereocenters. The number of nitrogens with two attached hydrogens (primary N) is 2. The molecular weight excluding hydrogens is 414 g/mol. The average Bonchev–Trinajstić information content (AvgIpc) is 2.75. The predicted molar refractivity (Wildman–Crippen MR) is 122 cm³/mol. The number of hydrogen-bond acceptors (Lipinski definition) is 5. The van der Waals surface area contributed by atoms with Gasteiger partial charge < -0.3 is 31.9 Å². The third kappa shape index (κ3) is 12.4. The number of carbonyl (C=O) groups is 3. The van der Waals surface area contributed by atoms with Crippen LogP contribution >= 0.6 is 0 Å². The Bertz CT molecular complexity index is 748. The van der Waals surface area contributed by atoms with Crippen LogP contribution in [0.5, 0.6) is 5.75 Å².